The largest absolute Gasteiger partial charge is 0.490 e. The van der Waals surface area contributed by atoms with Gasteiger partial charge in [-0.1, -0.05) is 26.0 Å². The van der Waals surface area contributed by atoms with Crippen LogP contribution in [0.15, 0.2) is 36.4 Å². The maximum Gasteiger partial charge on any atom is 0.255 e. The Morgan fingerprint density at radius 2 is 1.67 bits per heavy atom. The van der Waals surface area contributed by atoms with Crippen LogP contribution in [0.4, 0.5) is 5.69 Å². The Labute approximate surface area is 159 Å². The number of primary amides is 1. The molecule has 0 unspecified atom stereocenters. The van der Waals surface area contributed by atoms with Gasteiger partial charge in [0.25, 0.3) is 11.8 Å². The number of carbonyl (C=O) groups excluding carboxylic acids is 2. The molecular formula is C21H26N2O4. The first kappa shape index (κ1) is 20.3. The van der Waals surface area contributed by atoms with E-state index in [0.717, 1.165) is 12.8 Å². The van der Waals surface area contributed by atoms with E-state index in [4.69, 9.17) is 15.2 Å². The van der Waals surface area contributed by atoms with Crippen LogP contribution in [0.2, 0.25) is 0 Å². The van der Waals surface area contributed by atoms with Crippen molar-refractivity contribution in [3.63, 3.8) is 0 Å². The summed E-state index contributed by atoms with van der Waals surface area (Å²) >= 11 is 0. The number of benzene rings is 2. The molecule has 27 heavy (non-hydrogen) atoms. The molecule has 0 saturated heterocycles. The second kappa shape index (κ2) is 9.62. The maximum atomic E-state index is 12.7. The zero-order valence-corrected chi connectivity index (χ0v) is 16.0. The molecule has 2 aromatic carbocycles. The molecule has 0 aliphatic carbocycles. The Morgan fingerprint density at radius 1 is 1.00 bits per heavy atom. The summed E-state index contributed by atoms with van der Waals surface area (Å²) in [6.07, 6.45) is 1.72. The van der Waals surface area contributed by atoms with Crippen LogP contribution in [0.3, 0.4) is 0 Å². The highest BCUT2D eigenvalue weighted by Gasteiger charge is 2.16. The van der Waals surface area contributed by atoms with E-state index >= 15 is 0 Å². The highest BCUT2D eigenvalue weighted by atomic mass is 16.5. The number of nitrogens with two attached hydrogens (primary N) is 1. The van der Waals surface area contributed by atoms with Gasteiger partial charge in [0.15, 0.2) is 11.5 Å². The van der Waals surface area contributed by atoms with E-state index in [9.17, 15) is 9.59 Å². The van der Waals surface area contributed by atoms with Gasteiger partial charge in [-0.05, 0) is 49.6 Å². The number of hydrogen-bond donors (Lipinski definition) is 2. The maximum absolute atomic E-state index is 12.7. The third-order valence-electron chi connectivity index (χ3n) is 3.90. The van der Waals surface area contributed by atoms with Gasteiger partial charge in [0.05, 0.1) is 24.5 Å². The van der Waals surface area contributed by atoms with Crippen LogP contribution in [0.25, 0.3) is 0 Å². The third kappa shape index (κ3) is 5.23. The molecule has 2 amide bonds. The molecule has 0 aromatic heterocycles. The number of ether oxygens (including phenoxy) is 2. The van der Waals surface area contributed by atoms with Crippen LogP contribution in [-0.4, -0.2) is 25.0 Å². The van der Waals surface area contributed by atoms with E-state index in [1.54, 1.807) is 43.3 Å². The first-order chi connectivity index (χ1) is 13.0. The molecule has 0 radical (unpaired) electrons. The lowest BCUT2D eigenvalue weighted by molar-refractivity contribution is 0.100. The normalized spacial score (nSPS) is 10.3. The van der Waals surface area contributed by atoms with Crippen LogP contribution in [-0.2, 0) is 0 Å². The topological polar surface area (TPSA) is 90.6 Å². The number of carbonyl (C=O) groups is 2. The highest BCUT2D eigenvalue weighted by Crippen LogP contribution is 2.29. The fraction of sp³-hybridized carbons (Fsp3) is 0.333. The van der Waals surface area contributed by atoms with Gasteiger partial charge in [0, 0.05) is 5.56 Å². The minimum absolute atomic E-state index is 0.302. The zero-order valence-electron chi connectivity index (χ0n) is 16.0. The van der Waals surface area contributed by atoms with E-state index in [-0.39, 0.29) is 5.91 Å². The summed E-state index contributed by atoms with van der Waals surface area (Å²) in [7, 11) is 0. The molecule has 2 aromatic rings. The number of nitrogens with one attached hydrogen (secondary N) is 1. The van der Waals surface area contributed by atoms with E-state index < -0.39 is 5.91 Å². The second-order valence-electron chi connectivity index (χ2n) is 6.17. The summed E-state index contributed by atoms with van der Waals surface area (Å²) in [5, 5.41) is 2.76. The molecule has 0 bridgehead atoms. The number of anilines is 1. The molecule has 0 atom stereocenters. The molecule has 144 valence electrons. The molecule has 6 heteroatoms. The first-order valence-corrected chi connectivity index (χ1v) is 9.08. The summed E-state index contributed by atoms with van der Waals surface area (Å²) < 4.78 is 11.4. The van der Waals surface area contributed by atoms with Crippen molar-refractivity contribution in [2.24, 2.45) is 5.73 Å². The lowest BCUT2D eigenvalue weighted by atomic mass is 10.1. The van der Waals surface area contributed by atoms with Crippen LogP contribution in [0.1, 0.15) is 53.0 Å². The van der Waals surface area contributed by atoms with Crippen molar-refractivity contribution in [3.8, 4) is 11.5 Å². The smallest absolute Gasteiger partial charge is 0.255 e. The average Bonchev–Trinajstić information content (AvgIpc) is 2.64. The van der Waals surface area contributed by atoms with Gasteiger partial charge in [-0.2, -0.15) is 0 Å². The molecular weight excluding hydrogens is 344 g/mol. The van der Waals surface area contributed by atoms with Crippen molar-refractivity contribution >= 4 is 17.5 Å². The SMILES string of the molecule is CCCOc1ccc(C(=O)Nc2cccc(C)c2C(N)=O)cc1OCCC. The Kier molecular flexibility index (Phi) is 7.23. The lowest BCUT2D eigenvalue weighted by Crippen LogP contribution is -2.19. The van der Waals surface area contributed by atoms with Crippen molar-refractivity contribution in [1.82, 2.24) is 0 Å². The van der Waals surface area contributed by atoms with Crippen molar-refractivity contribution in [1.29, 1.82) is 0 Å². The Bertz CT molecular complexity index is 818. The summed E-state index contributed by atoms with van der Waals surface area (Å²) in [5.41, 5.74) is 7.24. The van der Waals surface area contributed by atoms with Crippen molar-refractivity contribution < 1.29 is 19.1 Å². The van der Waals surface area contributed by atoms with Gasteiger partial charge >= 0.3 is 0 Å². The summed E-state index contributed by atoms with van der Waals surface area (Å²) in [4.78, 5) is 24.4. The predicted molar refractivity (Wildman–Crippen MR) is 106 cm³/mol. The standard InChI is InChI=1S/C21H26N2O4/c1-4-11-26-17-10-9-15(13-18(17)27-12-5-2)21(25)23-16-8-6-7-14(3)19(16)20(22)24/h6-10,13H,4-5,11-12H2,1-3H3,(H2,22,24)(H,23,25). The number of amides is 2. The van der Waals surface area contributed by atoms with E-state index in [0.29, 0.717) is 47.1 Å². The Hall–Kier alpha value is -3.02. The molecule has 0 heterocycles. The van der Waals surface area contributed by atoms with Gasteiger partial charge in [-0.25, -0.2) is 0 Å². The van der Waals surface area contributed by atoms with Crippen LogP contribution >= 0.6 is 0 Å². The fourth-order valence-electron chi connectivity index (χ4n) is 2.60. The molecule has 0 aliphatic heterocycles. The second-order valence-corrected chi connectivity index (χ2v) is 6.17. The predicted octanol–water partition coefficient (Wildman–Crippen LogP) is 3.92. The fourth-order valence-corrected chi connectivity index (χ4v) is 2.60. The minimum Gasteiger partial charge on any atom is -0.490 e. The molecule has 2 rings (SSSR count). The van der Waals surface area contributed by atoms with Crippen LogP contribution in [0.5, 0.6) is 11.5 Å². The van der Waals surface area contributed by atoms with E-state index in [2.05, 4.69) is 5.32 Å². The average molecular weight is 370 g/mol. The molecule has 0 saturated carbocycles. The van der Waals surface area contributed by atoms with Gasteiger partial charge in [-0.3, -0.25) is 9.59 Å². The highest BCUT2D eigenvalue weighted by molar-refractivity contribution is 6.09. The molecule has 0 aliphatic rings. The van der Waals surface area contributed by atoms with Crippen molar-refractivity contribution in [2.45, 2.75) is 33.6 Å². The van der Waals surface area contributed by atoms with E-state index in [1.165, 1.54) is 0 Å². The lowest BCUT2D eigenvalue weighted by Gasteiger charge is -2.14. The zero-order chi connectivity index (χ0) is 19.8. The molecule has 6 nitrogen and oxygen atoms in total. The number of hydrogen-bond acceptors (Lipinski definition) is 4. The molecule has 0 spiro atoms. The number of aryl methyl sites for hydroxylation is 1. The summed E-state index contributed by atoms with van der Waals surface area (Å²) in [6.45, 7) is 6.89. The van der Waals surface area contributed by atoms with Crippen molar-refractivity contribution in [2.75, 3.05) is 18.5 Å². The Morgan fingerprint density at radius 3 is 2.30 bits per heavy atom. The molecule has 3 N–H and O–H groups in total. The first-order valence-electron chi connectivity index (χ1n) is 9.08. The number of rotatable bonds is 9. The minimum atomic E-state index is -0.585. The van der Waals surface area contributed by atoms with E-state index in [1.807, 2.05) is 13.8 Å². The Balaban J connectivity index is 2.28. The monoisotopic (exact) mass is 370 g/mol. The third-order valence-corrected chi connectivity index (χ3v) is 3.90. The summed E-state index contributed by atoms with van der Waals surface area (Å²) in [6, 6.07) is 10.2. The van der Waals surface area contributed by atoms with Crippen LogP contribution in [0, 0.1) is 6.92 Å². The van der Waals surface area contributed by atoms with Crippen molar-refractivity contribution in [3.05, 3.63) is 53.1 Å². The van der Waals surface area contributed by atoms with Gasteiger partial charge < -0.3 is 20.5 Å². The molecule has 0 fully saturated rings. The van der Waals surface area contributed by atoms with Gasteiger partial charge in [0.2, 0.25) is 0 Å². The summed E-state index contributed by atoms with van der Waals surface area (Å²) in [5.74, 6) is 0.192. The van der Waals surface area contributed by atoms with Gasteiger partial charge in [-0.15, -0.1) is 0 Å². The van der Waals surface area contributed by atoms with Gasteiger partial charge in [0.1, 0.15) is 0 Å². The van der Waals surface area contributed by atoms with Crippen LogP contribution < -0.4 is 20.5 Å². The quantitative estimate of drug-likeness (QED) is 0.700.